The van der Waals surface area contributed by atoms with E-state index in [1.807, 2.05) is 6.07 Å². The number of nitro groups is 1. The summed E-state index contributed by atoms with van der Waals surface area (Å²) in [6, 6.07) is 7.14. The van der Waals surface area contributed by atoms with E-state index in [9.17, 15) is 10.1 Å². The fourth-order valence-electron chi connectivity index (χ4n) is 1.91. The van der Waals surface area contributed by atoms with Crippen LogP contribution in [-0.4, -0.2) is 28.7 Å². The van der Waals surface area contributed by atoms with Gasteiger partial charge in [-0.15, -0.1) is 0 Å². The minimum absolute atomic E-state index is 0.193. The molecule has 5 nitrogen and oxygen atoms in total. The Bertz CT molecular complexity index is 407. The summed E-state index contributed by atoms with van der Waals surface area (Å²) in [5.41, 5.74) is 0.968. The van der Waals surface area contributed by atoms with Crippen LogP contribution in [0.5, 0.6) is 0 Å². The first-order chi connectivity index (χ1) is 9.00. The van der Waals surface area contributed by atoms with Gasteiger partial charge in [-0.1, -0.05) is 18.2 Å². The fraction of sp³-hybridized carbons (Fsp3) is 0.571. The molecule has 0 aliphatic carbocycles. The molecule has 0 aromatic heterocycles. The Balaban J connectivity index is 2.42. The van der Waals surface area contributed by atoms with Gasteiger partial charge in [-0.25, -0.2) is 0 Å². The van der Waals surface area contributed by atoms with Gasteiger partial charge in [-0.2, -0.15) is 0 Å². The quantitative estimate of drug-likeness (QED) is 0.559. The van der Waals surface area contributed by atoms with Crippen LogP contribution in [0.2, 0.25) is 0 Å². The molecular formula is C14H22N2O3. The number of aryl methyl sites for hydroxylation is 1. The highest BCUT2D eigenvalue weighted by Gasteiger charge is 2.13. The van der Waals surface area contributed by atoms with E-state index in [4.69, 9.17) is 5.11 Å². The zero-order valence-corrected chi connectivity index (χ0v) is 11.5. The minimum atomic E-state index is -0.332. The summed E-state index contributed by atoms with van der Waals surface area (Å²) in [4.78, 5) is 10.5. The van der Waals surface area contributed by atoms with Crippen LogP contribution in [0.3, 0.4) is 0 Å². The van der Waals surface area contributed by atoms with Crippen LogP contribution in [0.1, 0.15) is 32.3 Å². The number of aliphatic hydroxyl groups is 1. The van der Waals surface area contributed by atoms with Crippen molar-refractivity contribution in [1.82, 2.24) is 5.32 Å². The molecule has 0 heterocycles. The third-order valence-electron chi connectivity index (χ3n) is 3.09. The smallest absolute Gasteiger partial charge is 0.272 e. The van der Waals surface area contributed by atoms with E-state index in [0.717, 1.165) is 24.9 Å². The summed E-state index contributed by atoms with van der Waals surface area (Å²) in [7, 11) is 0. The summed E-state index contributed by atoms with van der Waals surface area (Å²) >= 11 is 0. The number of nitro benzene ring substituents is 1. The van der Waals surface area contributed by atoms with Gasteiger partial charge in [0.15, 0.2) is 0 Å². The Morgan fingerprint density at radius 1 is 1.32 bits per heavy atom. The Morgan fingerprint density at radius 2 is 2.00 bits per heavy atom. The van der Waals surface area contributed by atoms with Crippen LogP contribution in [-0.2, 0) is 6.42 Å². The molecule has 2 N–H and O–H groups in total. The SMILES string of the molecule is CC(O)CCNC(C)CCc1ccccc1[N+](=O)[O-]. The number of hydrogen-bond donors (Lipinski definition) is 2. The lowest BCUT2D eigenvalue weighted by Crippen LogP contribution is -2.29. The molecule has 0 bridgehead atoms. The van der Waals surface area contributed by atoms with Crippen molar-refractivity contribution in [2.24, 2.45) is 0 Å². The third-order valence-corrected chi connectivity index (χ3v) is 3.09. The first-order valence-electron chi connectivity index (χ1n) is 6.64. The van der Waals surface area contributed by atoms with Crippen molar-refractivity contribution in [3.8, 4) is 0 Å². The molecule has 0 aliphatic rings. The zero-order chi connectivity index (χ0) is 14.3. The van der Waals surface area contributed by atoms with Crippen LogP contribution in [0, 0.1) is 10.1 Å². The zero-order valence-electron chi connectivity index (χ0n) is 11.5. The largest absolute Gasteiger partial charge is 0.393 e. The van der Waals surface area contributed by atoms with Gasteiger partial charge in [0.1, 0.15) is 0 Å². The van der Waals surface area contributed by atoms with Gasteiger partial charge >= 0.3 is 0 Å². The van der Waals surface area contributed by atoms with E-state index < -0.39 is 0 Å². The van der Waals surface area contributed by atoms with Gasteiger partial charge < -0.3 is 10.4 Å². The second-order valence-corrected chi connectivity index (χ2v) is 4.92. The topological polar surface area (TPSA) is 75.4 Å². The number of benzene rings is 1. The number of para-hydroxylation sites is 1. The summed E-state index contributed by atoms with van der Waals surface area (Å²) in [5.74, 6) is 0. The van der Waals surface area contributed by atoms with Gasteiger partial charge in [0.05, 0.1) is 11.0 Å². The number of rotatable bonds is 8. The molecule has 0 aliphatic heterocycles. The highest BCUT2D eigenvalue weighted by atomic mass is 16.6. The standard InChI is InChI=1S/C14H22N2O3/c1-11(15-10-9-12(2)17)7-8-13-5-3-4-6-14(13)16(18)19/h3-6,11-12,15,17H,7-10H2,1-2H3. The van der Waals surface area contributed by atoms with E-state index in [1.165, 1.54) is 0 Å². The lowest BCUT2D eigenvalue weighted by Gasteiger charge is -2.14. The Labute approximate surface area is 113 Å². The van der Waals surface area contributed by atoms with Crippen molar-refractivity contribution < 1.29 is 10.0 Å². The minimum Gasteiger partial charge on any atom is -0.393 e. The monoisotopic (exact) mass is 266 g/mol. The molecule has 19 heavy (non-hydrogen) atoms. The van der Waals surface area contributed by atoms with E-state index in [-0.39, 0.29) is 22.8 Å². The van der Waals surface area contributed by atoms with Crippen LogP contribution in [0.4, 0.5) is 5.69 Å². The maximum absolute atomic E-state index is 10.9. The molecule has 1 aromatic carbocycles. The summed E-state index contributed by atoms with van der Waals surface area (Å²) in [6.07, 6.45) is 1.94. The van der Waals surface area contributed by atoms with Gasteiger partial charge in [0.25, 0.3) is 5.69 Å². The highest BCUT2D eigenvalue weighted by Crippen LogP contribution is 2.19. The summed E-state index contributed by atoms with van der Waals surface area (Å²) in [6.45, 7) is 4.58. The van der Waals surface area contributed by atoms with Crippen molar-refractivity contribution >= 4 is 5.69 Å². The van der Waals surface area contributed by atoms with Crippen molar-refractivity contribution in [2.45, 2.75) is 45.3 Å². The molecule has 5 heteroatoms. The normalized spacial score (nSPS) is 14.1. The Morgan fingerprint density at radius 3 is 2.63 bits per heavy atom. The first-order valence-corrected chi connectivity index (χ1v) is 6.64. The lowest BCUT2D eigenvalue weighted by atomic mass is 10.0. The predicted octanol–water partition coefficient (Wildman–Crippen LogP) is 2.28. The molecular weight excluding hydrogens is 244 g/mol. The van der Waals surface area contributed by atoms with Gasteiger partial charge in [0, 0.05) is 17.7 Å². The summed E-state index contributed by atoms with van der Waals surface area (Å²) in [5, 5.41) is 23.3. The van der Waals surface area contributed by atoms with Crippen LogP contribution in [0.15, 0.2) is 24.3 Å². The molecule has 1 aromatic rings. The van der Waals surface area contributed by atoms with Crippen molar-refractivity contribution in [3.05, 3.63) is 39.9 Å². The average Bonchev–Trinajstić information content (AvgIpc) is 2.36. The maximum Gasteiger partial charge on any atom is 0.272 e. The predicted molar refractivity (Wildman–Crippen MR) is 75.2 cm³/mol. The molecule has 1 rings (SSSR count). The molecule has 0 amide bonds. The first kappa shape index (κ1) is 15.6. The maximum atomic E-state index is 10.9. The molecule has 0 spiro atoms. The number of aliphatic hydroxyl groups excluding tert-OH is 1. The Kier molecular flexibility index (Phi) is 6.45. The van der Waals surface area contributed by atoms with Crippen LogP contribution < -0.4 is 5.32 Å². The molecule has 0 saturated carbocycles. The highest BCUT2D eigenvalue weighted by molar-refractivity contribution is 5.39. The van der Waals surface area contributed by atoms with Gasteiger partial charge in [0.2, 0.25) is 0 Å². The molecule has 0 fully saturated rings. The lowest BCUT2D eigenvalue weighted by molar-refractivity contribution is -0.385. The molecule has 0 saturated heterocycles. The van der Waals surface area contributed by atoms with Crippen LogP contribution in [0.25, 0.3) is 0 Å². The van der Waals surface area contributed by atoms with Gasteiger partial charge in [-0.3, -0.25) is 10.1 Å². The van der Waals surface area contributed by atoms with E-state index in [1.54, 1.807) is 25.1 Å². The van der Waals surface area contributed by atoms with Crippen molar-refractivity contribution in [1.29, 1.82) is 0 Å². The van der Waals surface area contributed by atoms with Gasteiger partial charge in [-0.05, 0) is 39.7 Å². The fourth-order valence-corrected chi connectivity index (χ4v) is 1.91. The van der Waals surface area contributed by atoms with Crippen LogP contribution >= 0.6 is 0 Å². The molecule has 2 unspecified atom stereocenters. The number of nitrogens with zero attached hydrogens (tertiary/aromatic N) is 1. The van der Waals surface area contributed by atoms with E-state index >= 15 is 0 Å². The third kappa shape index (κ3) is 5.81. The van der Waals surface area contributed by atoms with E-state index in [0.29, 0.717) is 6.42 Å². The van der Waals surface area contributed by atoms with Crippen molar-refractivity contribution in [3.63, 3.8) is 0 Å². The second-order valence-electron chi connectivity index (χ2n) is 4.92. The second kappa shape index (κ2) is 7.86. The molecule has 0 radical (unpaired) electrons. The summed E-state index contributed by atoms with van der Waals surface area (Å²) < 4.78 is 0. The van der Waals surface area contributed by atoms with E-state index in [2.05, 4.69) is 12.2 Å². The molecule has 106 valence electrons. The average molecular weight is 266 g/mol. The number of nitrogens with one attached hydrogen (secondary N) is 1. The number of hydrogen-bond acceptors (Lipinski definition) is 4. The molecule has 2 atom stereocenters. The Hall–Kier alpha value is -1.46. The van der Waals surface area contributed by atoms with Crippen molar-refractivity contribution in [2.75, 3.05) is 6.54 Å².